The predicted octanol–water partition coefficient (Wildman–Crippen LogP) is -12.4. The van der Waals surface area contributed by atoms with Gasteiger partial charge in [-0.05, 0) is 0 Å². The third kappa shape index (κ3) is 31.8. The maximum absolute atomic E-state index is 0. The molecule has 6 heavy (non-hydrogen) atoms. The monoisotopic (exact) mass is 319 g/mol. The van der Waals surface area contributed by atoms with Gasteiger partial charge in [-0.15, -0.1) is 0 Å². The third-order valence-corrected chi connectivity index (χ3v) is 0. The van der Waals surface area contributed by atoms with Crippen LogP contribution in [0.4, 0.5) is 0 Å². The summed E-state index contributed by atoms with van der Waals surface area (Å²) >= 11 is 0. The van der Waals surface area contributed by atoms with Gasteiger partial charge in [-0.2, -0.15) is 0 Å². The van der Waals surface area contributed by atoms with Gasteiger partial charge >= 0.3 is 40.7 Å². The van der Waals surface area contributed by atoms with Gasteiger partial charge in [-0.3, -0.25) is 0 Å². The second-order valence-corrected chi connectivity index (χ2v) is 0. The summed E-state index contributed by atoms with van der Waals surface area (Å²) in [6.07, 6.45) is 0. The maximum atomic E-state index is 0. The molecule has 0 aliphatic heterocycles. The molecule has 0 bridgehead atoms. The van der Waals surface area contributed by atoms with Crippen LogP contribution in [0.15, 0.2) is 0 Å². The summed E-state index contributed by atoms with van der Waals surface area (Å²) in [6.45, 7) is 0. The van der Waals surface area contributed by atoms with Crippen LogP contribution >= 0.6 is 0 Å². The summed E-state index contributed by atoms with van der Waals surface area (Å²) in [5.74, 6) is 0. The van der Waals surface area contributed by atoms with Crippen LogP contribution in [-0.4, -0.2) is 23.9 Å². The van der Waals surface area contributed by atoms with E-state index in [2.05, 4.69) is 0 Å². The van der Waals surface area contributed by atoms with Crippen LogP contribution in [0.5, 0.6) is 0 Å². The quantitative estimate of drug-likeness (QED) is 0.389. The Morgan fingerprint density at radius 1 is 0.500 bits per heavy atom. The molecular weight excluding hydrogens is 319 g/mol. The number of hydrogen-bond donors (Lipinski definition) is 0. The molecular formula is Cl4CoSn. The minimum absolute atomic E-state index is 0. The van der Waals surface area contributed by atoms with Gasteiger partial charge in [-0.25, -0.2) is 0 Å². The third-order valence-electron chi connectivity index (χ3n) is 0. The standard InChI is InChI=1S/4ClH.Co.Sn/h4*1H;;/q;;;;2*+2/p-4. The Morgan fingerprint density at radius 2 is 0.500 bits per heavy atom. The molecule has 0 unspecified atom stereocenters. The molecule has 3 radical (unpaired) electrons. The van der Waals surface area contributed by atoms with Gasteiger partial charge < -0.3 is 49.6 Å². The average Bonchev–Trinajstić information content (AvgIpc) is 0. The Morgan fingerprint density at radius 3 is 0.500 bits per heavy atom. The minimum Gasteiger partial charge on any atom is -1.00 e. The molecule has 0 aromatic heterocycles. The fraction of sp³-hybridized carbons (Fsp3) is 0. The number of hydrogen-bond acceptors (Lipinski definition) is 0. The fourth-order valence-corrected chi connectivity index (χ4v) is 0. The largest absolute Gasteiger partial charge is 2.00 e. The van der Waals surface area contributed by atoms with Crippen molar-refractivity contribution in [3.63, 3.8) is 0 Å². The maximum Gasteiger partial charge on any atom is 2.00 e. The molecule has 0 heterocycles. The minimum atomic E-state index is 0. The van der Waals surface area contributed by atoms with E-state index < -0.39 is 0 Å². The Bertz CT molecular complexity index is 7.51. The topological polar surface area (TPSA) is 0 Å². The van der Waals surface area contributed by atoms with E-state index in [1.807, 2.05) is 0 Å². The molecule has 0 rings (SSSR count). The van der Waals surface area contributed by atoms with Gasteiger partial charge in [0.2, 0.25) is 0 Å². The first-order valence-corrected chi connectivity index (χ1v) is 0. The SMILES string of the molecule is [Cl-].[Cl-].[Cl-].[Cl-].[Co+2].[Sn+2]. The summed E-state index contributed by atoms with van der Waals surface area (Å²) in [5.41, 5.74) is 0. The van der Waals surface area contributed by atoms with Crippen LogP contribution in [0, 0.1) is 0 Å². The second kappa shape index (κ2) is 51.3. The van der Waals surface area contributed by atoms with Gasteiger partial charge in [0.25, 0.3) is 0 Å². The molecule has 0 fully saturated rings. The van der Waals surface area contributed by atoms with Crippen molar-refractivity contribution < 1.29 is 66.4 Å². The van der Waals surface area contributed by atoms with Crippen molar-refractivity contribution >= 4 is 23.9 Å². The summed E-state index contributed by atoms with van der Waals surface area (Å²) < 4.78 is 0. The molecule has 0 aromatic carbocycles. The summed E-state index contributed by atoms with van der Waals surface area (Å²) in [4.78, 5) is 0. The van der Waals surface area contributed by atoms with E-state index in [1.54, 1.807) is 0 Å². The zero-order valence-corrected chi connectivity index (χ0v) is 9.26. The molecule has 0 nitrogen and oxygen atoms in total. The van der Waals surface area contributed by atoms with Crippen LogP contribution < -0.4 is 49.6 Å². The summed E-state index contributed by atoms with van der Waals surface area (Å²) in [5, 5.41) is 0. The Hall–Kier alpha value is 2.47. The van der Waals surface area contributed by atoms with E-state index in [9.17, 15) is 0 Å². The van der Waals surface area contributed by atoms with E-state index in [-0.39, 0.29) is 90.3 Å². The van der Waals surface area contributed by atoms with Crippen LogP contribution in [0.3, 0.4) is 0 Å². The first kappa shape index (κ1) is 77.6. The van der Waals surface area contributed by atoms with Crippen molar-refractivity contribution in [2.75, 3.05) is 0 Å². The zero-order chi connectivity index (χ0) is 0. The fourth-order valence-electron chi connectivity index (χ4n) is 0. The molecule has 0 aliphatic rings. The molecule has 0 aliphatic carbocycles. The van der Waals surface area contributed by atoms with Gasteiger partial charge in [0.1, 0.15) is 0 Å². The van der Waals surface area contributed by atoms with Crippen LogP contribution in [0.1, 0.15) is 0 Å². The molecule has 0 saturated heterocycles. The van der Waals surface area contributed by atoms with E-state index in [1.165, 1.54) is 0 Å². The normalized spacial score (nSPS) is 0. The Balaban J connectivity index is 0. The number of halogens is 4. The van der Waals surface area contributed by atoms with Crippen LogP contribution in [-0.2, 0) is 16.8 Å². The molecule has 41 valence electrons. The van der Waals surface area contributed by atoms with E-state index in [0.29, 0.717) is 0 Å². The Kier molecular flexibility index (Phi) is 664. The van der Waals surface area contributed by atoms with Gasteiger partial charge in [-0.1, -0.05) is 0 Å². The van der Waals surface area contributed by atoms with Crippen molar-refractivity contribution in [2.45, 2.75) is 0 Å². The smallest absolute Gasteiger partial charge is 1.00 e. The summed E-state index contributed by atoms with van der Waals surface area (Å²) in [6, 6.07) is 0. The van der Waals surface area contributed by atoms with E-state index in [4.69, 9.17) is 0 Å². The van der Waals surface area contributed by atoms with Crippen molar-refractivity contribution in [3.05, 3.63) is 0 Å². The molecule has 0 N–H and O–H groups in total. The molecule has 0 saturated carbocycles. The van der Waals surface area contributed by atoms with Crippen molar-refractivity contribution in [1.82, 2.24) is 0 Å². The van der Waals surface area contributed by atoms with Crippen molar-refractivity contribution in [1.29, 1.82) is 0 Å². The predicted molar refractivity (Wildman–Crippen MR) is 5.75 cm³/mol. The molecule has 6 heteroatoms. The summed E-state index contributed by atoms with van der Waals surface area (Å²) in [7, 11) is 0. The molecule has 0 amide bonds. The Labute approximate surface area is 89.4 Å². The van der Waals surface area contributed by atoms with E-state index >= 15 is 0 Å². The van der Waals surface area contributed by atoms with Gasteiger partial charge in [0.15, 0.2) is 0 Å². The van der Waals surface area contributed by atoms with E-state index in [0.717, 1.165) is 0 Å². The average molecular weight is 319 g/mol. The van der Waals surface area contributed by atoms with Gasteiger partial charge in [0, 0.05) is 0 Å². The van der Waals surface area contributed by atoms with Crippen molar-refractivity contribution in [2.24, 2.45) is 0 Å². The second-order valence-electron chi connectivity index (χ2n) is 0. The zero-order valence-electron chi connectivity index (χ0n) is 2.35. The first-order valence-electron chi connectivity index (χ1n) is 0. The molecule has 0 aromatic rings. The molecule has 0 spiro atoms. The van der Waals surface area contributed by atoms with Crippen LogP contribution in [0.2, 0.25) is 0 Å². The van der Waals surface area contributed by atoms with Gasteiger partial charge in [0.05, 0.1) is 0 Å². The first-order chi connectivity index (χ1) is 0. The van der Waals surface area contributed by atoms with Crippen LogP contribution in [0.25, 0.3) is 0 Å². The van der Waals surface area contributed by atoms with Crippen molar-refractivity contribution in [3.8, 4) is 0 Å². The number of rotatable bonds is 0. The molecule has 0 atom stereocenters.